The molecule has 0 bridgehead atoms. The Morgan fingerprint density at radius 2 is 1.88 bits per heavy atom. The largest absolute Gasteiger partial charge is 0.433 e. The molecule has 0 radical (unpaired) electrons. The Morgan fingerprint density at radius 1 is 1.16 bits per heavy atom. The van der Waals surface area contributed by atoms with Crippen molar-refractivity contribution in [3.05, 3.63) is 76.6 Å². The summed E-state index contributed by atoms with van der Waals surface area (Å²) in [5.41, 5.74) is 0.658. The first kappa shape index (κ1) is 18.2. The molecule has 2 aromatic rings. The van der Waals surface area contributed by atoms with E-state index in [-0.39, 0.29) is 11.0 Å². The summed E-state index contributed by atoms with van der Waals surface area (Å²) in [5.74, 6) is 0.134. The van der Waals surface area contributed by atoms with Crippen LogP contribution in [0.3, 0.4) is 0 Å². The molecule has 5 nitrogen and oxygen atoms in total. The molecule has 0 unspecified atom stereocenters. The molecular weight excluding hydrogens is 398 g/mol. The minimum atomic E-state index is -0.567. The van der Waals surface area contributed by atoms with Crippen molar-refractivity contribution in [2.75, 3.05) is 6.26 Å². The zero-order chi connectivity index (χ0) is 17.8. The monoisotopic (exact) mass is 409 g/mol. The van der Waals surface area contributed by atoms with Crippen molar-refractivity contribution in [2.45, 2.75) is 0 Å². The smallest absolute Gasteiger partial charge is 0.401 e. The van der Waals surface area contributed by atoms with Gasteiger partial charge in [0.25, 0.3) is 0 Å². The second-order valence-corrected chi connectivity index (χ2v) is 9.31. The lowest BCUT2D eigenvalue weighted by molar-refractivity contribution is -0.402. The number of carbonyl (C=O) groups excluding carboxylic acids is 1. The number of hydrogen-bond acceptors (Lipinski definition) is 8. The van der Waals surface area contributed by atoms with E-state index in [1.807, 2.05) is 24.5 Å². The number of nitrogens with zero attached hydrogens (tertiary/aromatic N) is 1. The maximum Gasteiger partial charge on any atom is 0.433 e. The zero-order valence-corrected chi connectivity index (χ0v) is 16.1. The summed E-state index contributed by atoms with van der Waals surface area (Å²) in [6.45, 7) is 0. The lowest BCUT2D eigenvalue weighted by atomic mass is 10.2. The highest BCUT2D eigenvalue weighted by atomic mass is 32.3. The highest BCUT2D eigenvalue weighted by Crippen LogP contribution is 2.57. The highest BCUT2D eigenvalue weighted by molar-refractivity contribution is 8.43. The molecule has 0 N–H and O–H groups in total. The molecule has 1 aliphatic heterocycles. The molecule has 1 aromatic heterocycles. The molecule has 9 heteroatoms. The molecule has 0 saturated carbocycles. The van der Waals surface area contributed by atoms with Crippen LogP contribution >= 0.6 is 47.0 Å². The second-order valence-electron chi connectivity index (χ2n) is 4.64. The fourth-order valence-electron chi connectivity index (χ4n) is 1.88. The number of rotatable bonds is 5. The standard InChI is InChI=1S/C16H11NO4S4/c1-22-15-16(25-14(18)10-5-3-2-4-6-10)24-13(23-15)9-11-7-8-12(21-11)17(19)20/h2-9H,1H3/b13-9+. The average Bonchev–Trinajstić information content (AvgIpc) is 3.23. The second kappa shape index (κ2) is 8.22. The van der Waals surface area contributed by atoms with E-state index in [4.69, 9.17) is 4.42 Å². The molecule has 0 fully saturated rings. The molecule has 1 aromatic carbocycles. The molecular formula is C16H11NO4S4. The van der Waals surface area contributed by atoms with Crippen molar-refractivity contribution in [1.29, 1.82) is 0 Å². The van der Waals surface area contributed by atoms with Gasteiger partial charge in [-0.15, -0.1) is 11.8 Å². The van der Waals surface area contributed by atoms with Gasteiger partial charge < -0.3 is 4.42 Å². The van der Waals surface area contributed by atoms with Crippen LogP contribution in [0.5, 0.6) is 0 Å². The summed E-state index contributed by atoms with van der Waals surface area (Å²) in [4.78, 5) is 22.5. The Balaban J connectivity index is 1.73. The van der Waals surface area contributed by atoms with Crippen molar-refractivity contribution in [2.24, 2.45) is 0 Å². The van der Waals surface area contributed by atoms with Gasteiger partial charge in [-0.2, -0.15) is 0 Å². The number of carbonyl (C=O) groups is 1. The van der Waals surface area contributed by atoms with E-state index in [1.165, 1.54) is 41.4 Å². The molecule has 0 amide bonds. The fourth-order valence-corrected chi connectivity index (χ4v) is 6.94. The third-order valence-electron chi connectivity index (χ3n) is 2.99. The van der Waals surface area contributed by atoms with Gasteiger partial charge in [-0.05, 0) is 24.1 Å². The molecule has 0 spiro atoms. The van der Waals surface area contributed by atoms with Gasteiger partial charge >= 0.3 is 5.88 Å². The van der Waals surface area contributed by atoms with Crippen molar-refractivity contribution < 1.29 is 14.1 Å². The summed E-state index contributed by atoms with van der Waals surface area (Å²) in [5, 5.41) is 10.7. The molecule has 0 aliphatic carbocycles. The van der Waals surface area contributed by atoms with E-state index in [0.717, 1.165) is 12.7 Å². The average molecular weight is 410 g/mol. The predicted molar refractivity (Wildman–Crippen MR) is 107 cm³/mol. The van der Waals surface area contributed by atoms with E-state index in [0.29, 0.717) is 11.3 Å². The van der Waals surface area contributed by atoms with Gasteiger partial charge in [0.1, 0.15) is 10.7 Å². The topological polar surface area (TPSA) is 73.3 Å². The van der Waals surface area contributed by atoms with E-state index in [2.05, 4.69) is 0 Å². The maximum atomic E-state index is 12.4. The van der Waals surface area contributed by atoms with E-state index in [1.54, 1.807) is 36.0 Å². The summed E-state index contributed by atoms with van der Waals surface area (Å²) < 4.78 is 8.02. The van der Waals surface area contributed by atoms with Gasteiger partial charge in [-0.1, -0.05) is 53.9 Å². The first-order chi connectivity index (χ1) is 12.1. The Labute approximate surface area is 160 Å². The van der Waals surface area contributed by atoms with Crippen LogP contribution in [-0.4, -0.2) is 16.3 Å². The molecule has 0 atom stereocenters. The minimum absolute atomic E-state index is 0.00913. The molecule has 25 heavy (non-hydrogen) atoms. The van der Waals surface area contributed by atoms with Crippen molar-refractivity contribution in [3.8, 4) is 0 Å². The Hall–Kier alpha value is -1.55. The first-order valence-corrected chi connectivity index (χ1v) is 10.6. The molecule has 128 valence electrons. The molecule has 0 saturated heterocycles. The zero-order valence-electron chi connectivity index (χ0n) is 12.8. The Morgan fingerprint density at radius 3 is 2.52 bits per heavy atom. The normalized spacial score (nSPS) is 15.8. The summed E-state index contributed by atoms with van der Waals surface area (Å²) in [7, 11) is 0. The van der Waals surface area contributed by atoms with E-state index < -0.39 is 4.92 Å². The number of nitro groups is 1. The summed E-state index contributed by atoms with van der Waals surface area (Å²) >= 11 is 5.78. The molecule has 2 heterocycles. The van der Waals surface area contributed by atoms with Gasteiger partial charge in [-0.25, -0.2) is 0 Å². The maximum absolute atomic E-state index is 12.4. The van der Waals surface area contributed by atoms with Crippen molar-refractivity contribution >= 4 is 64.1 Å². The van der Waals surface area contributed by atoms with Crippen molar-refractivity contribution in [3.63, 3.8) is 0 Å². The van der Waals surface area contributed by atoms with E-state index in [9.17, 15) is 14.9 Å². The number of benzene rings is 1. The van der Waals surface area contributed by atoms with Crippen molar-refractivity contribution in [1.82, 2.24) is 0 Å². The van der Waals surface area contributed by atoms with Crippen LogP contribution in [0, 0.1) is 10.1 Å². The van der Waals surface area contributed by atoms with Crippen LogP contribution in [0.4, 0.5) is 5.88 Å². The number of hydrogen-bond donors (Lipinski definition) is 0. The van der Waals surface area contributed by atoms with Crippen LogP contribution in [0.1, 0.15) is 16.1 Å². The van der Waals surface area contributed by atoms with Crippen LogP contribution < -0.4 is 0 Å². The van der Waals surface area contributed by atoms with Gasteiger partial charge in [-0.3, -0.25) is 14.9 Å². The lowest BCUT2D eigenvalue weighted by Gasteiger charge is -2.02. The predicted octanol–water partition coefficient (Wildman–Crippen LogP) is 6.03. The minimum Gasteiger partial charge on any atom is -0.401 e. The molecule has 3 rings (SSSR count). The quantitative estimate of drug-likeness (QED) is 0.438. The van der Waals surface area contributed by atoms with Crippen LogP contribution in [0.25, 0.3) is 6.08 Å². The third kappa shape index (κ3) is 4.55. The SMILES string of the molecule is CSC1=C(SC(=O)c2ccccc2)S/C(=C/c2ccc([N+](=O)[O-])o2)S1. The lowest BCUT2D eigenvalue weighted by Crippen LogP contribution is -1.91. The molecule has 1 aliphatic rings. The Bertz CT molecular complexity index is 873. The van der Waals surface area contributed by atoms with Crippen LogP contribution in [-0.2, 0) is 0 Å². The van der Waals surface area contributed by atoms with Gasteiger partial charge in [0.2, 0.25) is 5.12 Å². The number of furan rings is 1. The van der Waals surface area contributed by atoms with Gasteiger partial charge in [0.15, 0.2) is 0 Å². The summed E-state index contributed by atoms with van der Waals surface area (Å²) in [6.07, 6.45) is 3.70. The van der Waals surface area contributed by atoms with Crippen LogP contribution in [0.15, 0.2) is 59.6 Å². The number of thioether (sulfide) groups is 4. The Kier molecular flexibility index (Phi) is 6.00. The first-order valence-electron chi connectivity index (χ1n) is 6.94. The fraction of sp³-hybridized carbons (Fsp3) is 0.0625. The highest BCUT2D eigenvalue weighted by Gasteiger charge is 2.24. The summed E-state index contributed by atoms with van der Waals surface area (Å²) in [6, 6.07) is 12.0. The van der Waals surface area contributed by atoms with Crippen LogP contribution in [0.2, 0.25) is 0 Å². The van der Waals surface area contributed by atoms with E-state index >= 15 is 0 Å². The third-order valence-corrected chi connectivity index (χ3v) is 8.06. The van der Waals surface area contributed by atoms with Gasteiger partial charge in [0.05, 0.1) is 18.8 Å². The van der Waals surface area contributed by atoms with Gasteiger partial charge in [0, 0.05) is 11.6 Å².